The Labute approximate surface area is 85.8 Å². The minimum Gasteiger partial charge on any atom is -0.338 e. The maximum absolute atomic E-state index is 11.7. The van der Waals surface area contributed by atoms with Crippen molar-refractivity contribution in [1.82, 2.24) is 10.2 Å². The molecule has 0 aliphatic heterocycles. The van der Waals surface area contributed by atoms with Gasteiger partial charge in [-0.3, -0.25) is 0 Å². The quantitative estimate of drug-likeness (QED) is 0.668. The van der Waals surface area contributed by atoms with Gasteiger partial charge >= 0.3 is 6.03 Å². The second-order valence-corrected chi connectivity index (χ2v) is 3.80. The number of amides is 2. The topological polar surface area (TPSA) is 58.4 Å². The molecule has 0 radical (unpaired) electrons. The normalized spacial score (nSPS) is 15.3. The minimum absolute atomic E-state index is 0.0859. The zero-order valence-electron chi connectivity index (χ0n) is 8.96. The van der Waals surface area contributed by atoms with Gasteiger partial charge in [-0.05, 0) is 32.2 Å². The van der Waals surface area contributed by atoms with Crippen LogP contribution in [0.4, 0.5) is 4.79 Å². The number of hydrogen-bond donors (Lipinski definition) is 2. The Morgan fingerprint density at radius 3 is 2.79 bits per heavy atom. The SMILES string of the molecule is CCCNC(=O)N(CCCN)C1CC1. The summed E-state index contributed by atoms with van der Waals surface area (Å²) < 4.78 is 0. The van der Waals surface area contributed by atoms with E-state index < -0.39 is 0 Å². The van der Waals surface area contributed by atoms with Crippen LogP contribution in [0, 0.1) is 0 Å². The number of carbonyl (C=O) groups is 1. The van der Waals surface area contributed by atoms with Gasteiger partial charge in [0.15, 0.2) is 0 Å². The molecule has 1 aliphatic carbocycles. The summed E-state index contributed by atoms with van der Waals surface area (Å²) in [5.41, 5.74) is 5.44. The molecule has 2 amide bonds. The molecule has 0 unspecified atom stereocenters. The van der Waals surface area contributed by atoms with Crippen LogP contribution in [0.3, 0.4) is 0 Å². The van der Waals surface area contributed by atoms with Gasteiger partial charge in [0.25, 0.3) is 0 Å². The summed E-state index contributed by atoms with van der Waals surface area (Å²) in [5, 5.41) is 2.91. The third-order valence-corrected chi connectivity index (χ3v) is 2.38. The van der Waals surface area contributed by atoms with Gasteiger partial charge in [-0.1, -0.05) is 6.92 Å². The van der Waals surface area contributed by atoms with E-state index in [9.17, 15) is 4.79 Å². The second kappa shape index (κ2) is 5.86. The van der Waals surface area contributed by atoms with Crippen LogP contribution in [0.2, 0.25) is 0 Å². The number of nitrogens with one attached hydrogen (secondary N) is 1. The molecule has 0 heterocycles. The molecular formula is C10H21N3O. The lowest BCUT2D eigenvalue weighted by molar-refractivity contribution is 0.194. The lowest BCUT2D eigenvalue weighted by Gasteiger charge is -2.22. The summed E-state index contributed by atoms with van der Waals surface area (Å²) in [7, 11) is 0. The highest BCUT2D eigenvalue weighted by molar-refractivity contribution is 5.74. The van der Waals surface area contributed by atoms with E-state index in [1.165, 1.54) is 0 Å². The Balaban J connectivity index is 2.28. The average molecular weight is 199 g/mol. The van der Waals surface area contributed by atoms with Gasteiger partial charge in [-0.25, -0.2) is 4.79 Å². The minimum atomic E-state index is 0.0859. The first-order valence-electron chi connectivity index (χ1n) is 5.54. The van der Waals surface area contributed by atoms with Gasteiger partial charge in [-0.2, -0.15) is 0 Å². The third-order valence-electron chi connectivity index (χ3n) is 2.38. The molecule has 0 atom stereocenters. The summed E-state index contributed by atoms with van der Waals surface area (Å²) in [6, 6.07) is 0.571. The van der Waals surface area contributed by atoms with Crippen molar-refractivity contribution in [3.05, 3.63) is 0 Å². The fourth-order valence-electron chi connectivity index (χ4n) is 1.43. The molecule has 0 aromatic heterocycles. The summed E-state index contributed by atoms with van der Waals surface area (Å²) in [5.74, 6) is 0. The van der Waals surface area contributed by atoms with Crippen molar-refractivity contribution < 1.29 is 4.79 Å². The van der Waals surface area contributed by atoms with E-state index in [0.717, 1.165) is 38.8 Å². The molecule has 1 aliphatic rings. The van der Waals surface area contributed by atoms with Crippen LogP contribution in [0.5, 0.6) is 0 Å². The highest BCUT2D eigenvalue weighted by Crippen LogP contribution is 2.26. The van der Waals surface area contributed by atoms with Crippen molar-refractivity contribution in [2.45, 2.75) is 38.6 Å². The molecule has 0 saturated heterocycles. The molecule has 0 aromatic rings. The molecule has 1 rings (SSSR count). The molecule has 1 saturated carbocycles. The van der Waals surface area contributed by atoms with Crippen molar-refractivity contribution in [2.75, 3.05) is 19.6 Å². The standard InChI is InChI=1S/C10H21N3O/c1-2-7-12-10(14)13(8-3-6-11)9-4-5-9/h9H,2-8,11H2,1H3,(H,12,14). The Morgan fingerprint density at radius 2 is 2.29 bits per heavy atom. The largest absolute Gasteiger partial charge is 0.338 e. The van der Waals surface area contributed by atoms with Crippen LogP contribution < -0.4 is 11.1 Å². The first-order valence-corrected chi connectivity index (χ1v) is 5.54. The van der Waals surface area contributed by atoms with Crippen LogP contribution in [-0.2, 0) is 0 Å². The van der Waals surface area contributed by atoms with E-state index in [2.05, 4.69) is 12.2 Å². The lowest BCUT2D eigenvalue weighted by Crippen LogP contribution is -2.42. The van der Waals surface area contributed by atoms with Crippen LogP contribution >= 0.6 is 0 Å². The molecule has 0 bridgehead atoms. The van der Waals surface area contributed by atoms with Crippen LogP contribution in [0.25, 0.3) is 0 Å². The van der Waals surface area contributed by atoms with E-state index >= 15 is 0 Å². The van der Waals surface area contributed by atoms with Crippen molar-refractivity contribution in [2.24, 2.45) is 5.73 Å². The highest BCUT2D eigenvalue weighted by atomic mass is 16.2. The first-order chi connectivity index (χ1) is 6.79. The number of urea groups is 1. The molecule has 82 valence electrons. The van der Waals surface area contributed by atoms with Gasteiger partial charge in [0.2, 0.25) is 0 Å². The molecule has 4 nitrogen and oxygen atoms in total. The van der Waals surface area contributed by atoms with Crippen LogP contribution in [0.1, 0.15) is 32.6 Å². The second-order valence-electron chi connectivity index (χ2n) is 3.80. The van der Waals surface area contributed by atoms with Crippen molar-refractivity contribution >= 4 is 6.03 Å². The summed E-state index contributed by atoms with van der Waals surface area (Å²) in [6.45, 7) is 4.29. The molecule has 0 spiro atoms. The smallest absolute Gasteiger partial charge is 0.317 e. The molecule has 4 heteroatoms. The monoisotopic (exact) mass is 199 g/mol. The Morgan fingerprint density at radius 1 is 1.57 bits per heavy atom. The molecule has 3 N–H and O–H groups in total. The molecule has 14 heavy (non-hydrogen) atoms. The van der Waals surface area contributed by atoms with Gasteiger partial charge in [0.05, 0.1) is 0 Å². The van der Waals surface area contributed by atoms with Crippen LogP contribution in [0.15, 0.2) is 0 Å². The number of carbonyl (C=O) groups excluding carboxylic acids is 1. The summed E-state index contributed by atoms with van der Waals surface area (Å²) in [6.07, 6.45) is 4.20. The maximum atomic E-state index is 11.7. The predicted octanol–water partition coefficient (Wildman–Crippen LogP) is 0.919. The predicted molar refractivity (Wildman–Crippen MR) is 57.1 cm³/mol. The van der Waals surface area contributed by atoms with E-state index in [1.54, 1.807) is 0 Å². The Kier molecular flexibility index (Phi) is 4.73. The average Bonchev–Trinajstić information content (AvgIpc) is 2.99. The fraction of sp³-hybridized carbons (Fsp3) is 0.900. The Hall–Kier alpha value is -0.770. The van der Waals surface area contributed by atoms with E-state index in [0.29, 0.717) is 12.6 Å². The molecule has 0 aromatic carbocycles. The van der Waals surface area contributed by atoms with Gasteiger partial charge in [0.1, 0.15) is 0 Å². The molecule has 1 fully saturated rings. The Bertz CT molecular complexity index is 180. The summed E-state index contributed by atoms with van der Waals surface area (Å²) in [4.78, 5) is 13.6. The number of rotatable bonds is 6. The highest BCUT2D eigenvalue weighted by Gasteiger charge is 2.31. The van der Waals surface area contributed by atoms with Crippen LogP contribution in [-0.4, -0.2) is 36.6 Å². The van der Waals surface area contributed by atoms with E-state index in [-0.39, 0.29) is 6.03 Å². The van der Waals surface area contributed by atoms with E-state index in [4.69, 9.17) is 5.73 Å². The number of nitrogens with zero attached hydrogens (tertiary/aromatic N) is 1. The first kappa shape index (κ1) is 11.3. The van der Waals surface area contributed by atoms with E-state index in [1.807, 2.05) is 4.90 Å². The van der Waals surface area contributed by atoms with Gasteiger partial charge in [0, 0.05) is 19.1 Å². The fourth-order valence-corrected chi connectivity index (χ4v) is 1.43. The summed E-state index contributed by atoms with van der Waals surface area (Å²) >= 11 is 0. The number of nitrogens with two attached hydrogens (primary N) is 1. The van der Waals surface area contributed by atoms with Crippen molar-refractivity contribution in [1.29, 1.82) is 0 Å². The van der Waals surface area contributed by atoms with Gasteiger partial charge in [-0.15, -0.1) is 0 Å². The van der Waals surface area contributed by atoms with Crippen molar-refractivity contribution in [3.8, 4) is 0 Å². The zero-order chi connectivity index (χ0) is 10.4. The maximum Gasteiger partial charge on any atom is 0.317 e. The van der Waals surface area contributed by atoms with Crippen molar-refractivity contribution in [3.63, 3.8) is 0 Å². The third kappa shape index (κ3) is 3.54. The lowest BCUT2D eigenvalue weighted by atomic mass is 10.4. The van der Waals surface area contributed by atoms with Gasteiger partial charge < -0.3 is 16.0 Å². The zero-order valence-corrected chi connectivity index (χ0v) is 8.96. The molecular weight excluding hydrogens is 178 g/mol. The number of hydrogen-bond acceptors (Lipinski definition) is 2.